The second kappa shape index (κ2) is 8.50. The molecule has 0 rings (SSSR count). The van der Waals surface area contributed by atoms with Gasteiger partial charge in [0.2, 0.25) is 0 Å². The quantitative estimate of drug-likeness (QED) is 0.289. The molecular weight excluding hydrogens is 232 g/mol. The summed E-state index contributed by atoms with van der Waals surface area (Å²) in [4.78, 5) is 23.0. The maximum Gasteiger partial charge on any atom is 0.338 e. The fraction of sp³-hybridized carbons (Fsp3) is 0.571. The zero-order valence-electron chi connectivity index (χ0n) is 11.5. The number of carbonyl (C=O) groups is 2. The number of carbonyl (C=O) groups excluding carboxylic acids is 2. The number of hydrogen-bond acceptors (Lipinski definition) is 4. The number of unbranched alkanes of at least 4 members (excludes halogenated alkanes) is 1. The molecule has 0 N–H and O–H groups in total. The lowest BCUT2D eigenvalue weighted by Crippen LogP contribution is -2.17. The van der Waals surface area contributed by atoms with E-state index in [2.05, 4.69) is 13.2 Å². The molecule has 0 amide bonds. The molecule has 0 saturated heterocycles. The molecule has 0 aromatic rings. The van der Waals surface area contributed by atoms with Gasteiger partial charge >= 0.3 is 11.9 Å². The molecular formula is C14H22O4. The van der Waals surface area contributed by atoms with Crippen LogP contribution in [-0.2, 0) is 19.1 Å². The first-order chi connectivity index (χ1) is 8.40. The summed E-state index contributed by atoms with van der Waals surface area (Å²) in [7, 11) is 0. The van der Waals surface area contributed by atoms with Crippen LogP contribution in [0.25, 0.3) is 0 Å². The van der Waals surface area contributed by atoms with Crippen LogP contribution in [0.15, 0.2) is 24.3 Å². The Morgan fingerprint density at radius 1 is 1.06 bits per heavy atom. The molecule has 4 nitrogen and oxygen atoms in total. The van der Waals surface area contributed by atoms with Crippen molar-refractivity contribution in [3.63, 3.8) is 0 Å². The molecule has 102 valence electrons. The van der Waals surface area contributed by atoms with E-state index in [-0.39, 0.29) is 23.7 Å². The van der Waals surface area contributed by atoms with E-state index in [1.165, 1.54) is 0 Å². The molecule has 0 heterocycles. The second-order valence-corrected chi connectivity index (χ2v) is 4.44. The largest absolute Gasteiger partial charge is 0.462 e. The summed E-state index contributed by atoms with van der Waals surface area (Å²) in [6.07, 6.45) is 1.71. The van der Waals surface area contributed by atoms with Crippen LogP contribution < -0.4 is 0 Å². The van der Waals surface area contributed by atoms with Crippen molar-refractivity contribution in [2.75, 3.05) is 13.2 Å². The van der Waals surface area contributed by atoms with Gasteiger partial charge in [-0.1, -0.05) is 40.3 Å². The van der Waals surface area contributed by atoms with Gasteiger partial charge in [0.1, 0.15) is 0 Å². The zero-order chi connectivity index (χ0) is 14.1. The van der Waals surface area contributed by atoms with E-state index >= 15 is 0 Å². The van der Waals surface area contributed by atoms with Crippen LogP contribution in [0.3, 0.4) is 0 Å². The van der Waals surface area contributed by atoms with E-state index in [4.69, 9.17) is 9.47 Å². The molecule has 0 radical (unpaired) electrons. The third-order valence-corrected chi connectivity index (χ3v) is 2.14. The van der Waals surface area contributed by atoms with Gasteiger partial charge in [-0.15, -0.1) is 0 Å². The van der Waals surface area contributed by atoms with Crippen LogP contribution in [0.2, 0.25) is 0 Å². The van der Waals surface area contributed by atoms with E-state index in [0.29, 0.717) is 6.61 Å². The Kier molecular flexibility index (Phi) is 7.76. The molecule has 0 unspecified atom stereocenters. The van der Waals surface area contributed by atoms with Gasteiger partial charge in [0.15, 0.2) is 0 Å². The Bertz CT molecular complexity index is 329. The van der Waals surface area contributed by atoms with Gasteiger partial charge in [-0.2, -0.15) is 0 Å². The van der Waals surface area contributed by atoms with Gasteiger partial charge in [-0.25, -0.2) is 9.59 Å². The Hall–Kier alpha value is -1.58. The maximum absolute atomic E-state index is 11.5. The molecule has 4 heteroatoms. The fourth-order valence-corrected chi connectivity index (χ4v) is 0.972. The maximum atomic E-state index is 11.5. The molecule has 0 fully saturated rings. The average Bonchev–Trinajstić information content (AvgIpc) is 2.34. The molecule has 18 heavy (non-hydrogen) atoms. The summed E-state index contributed by atoms with van der Waals surface area (Å²) in [5, 5.41) is 0. The lowest BCUT2D eigenvalue weighted by atomic mass is 10.1. The highest BCUT2D eigenvalue weighted by Crippen LogP contribution is 2.10. The smallest absolute Gasteiger partial charge is 0.338 e. The third-order valence-electron chi connectivity index (χ3n) is 2.14. The summed E-state index contributed by atoms with van der Waals surface area (Å²) in [6.45, 7) is 13.5. The van der Waals surface area contributed by atoms with Gasteiger partial charge in [0.25, 0.3) is 0 Å². The molecule has 0 aromatic heterocycles. The first-order valence-corrected chi connectivity index (χ1v) is 6.12. The summed E-state index contributed by atoms with van der Waals surface area (Å²) in [5.74, 6) is -1.01. The molecule has 0 saturated carbocycles. The Labute approximate surface area is 109 Å². The van der Waals surface area contributed by atoms with E-state index in [1.807, 2.05) is 20.8 Å². The average molecular weight is 254 g/mol. The molecule has 0 aliphatic carbocycles. The molecule has 0 bridgehead atoms. The van der Waals surface area contributed by atoms with Crippen LogP contribution in [0.4, 0.5) is 0 Å². The number of ether oxygens (including phenoxy) is 2. The van der Waals surface area contributed by atoms with Crippen LogP contribution in [0, 0.1) is 5.92 Å². The lowest BCUT2D eigenvalue weighted by molar-refractivity contribution is -0.143. The number of esters is 2. The van der Waals surface area contributed by atoms with E-state index in [9.17, 15) is 9.59 Å². The Balaban J connectivity index is 4.19. The minimum absolute atomic E-state index is 0.0418. The van der Waals surface area contributed by atoms with Crippen molar-refractivity contribution in [2.45, 2.75) is 33.6 Å². The summed E-state index contributed by atoms with van der Waals surface area (Å²) < 4.78 is 9.89. The zero-order valence-corrected chi connectivity index (χ0v) is 11.5. The van der Waals surface area contributed by atoms with E-state index in [0.717, 1.165) is 12.8 Å². The summed E-state index contributed by atoms with van der Waals surface area (Å²) >= 11 is 0. The van der Waals surface area contributed by atoms with Crippen molar-refractivity contribution < 1.29 is 19.1 Å². The van der Waals surface area contributed by atoms with Gasteiger partial charge in [0.05, 0.1) is 24.4 Å². The van der Waals surface area contributed by atoms with Crippen LogP contribution in [0.5, 0.6) is 0 Å². The second-order valence-electron chi connectivity index (χ2n) is 4.44. The predicted molar refractivity (Wildman–Crippen MR) is 69.9 cm³/mol. The normalized spacial score (nSPS) is 10.0. The minimum Gasteiger partial charge on any atom is -0.462 e. The Morgan fingerprint density at radius 3 is 2.00 bits per heavy atom. The third kappa shape index (κ3) is 6.23. The van der Waals surface area contributed by atoms with Gasteiger partial charge < -0.3 is 9.47 Å². The monoisotopic (exact) mass is 254 g/mol. The highest BCUT2D eigenvalue weighted by molar-refractivity contribution is 6.06. The van der Waals surface area contributed by atoms with Gasteiger partial charge in [0, 0.05) is 0 Å². The SMILES string of the molecule is C=C(C(=C)C(=O)OCC(C)C)C(=O)OCCCC. The molecule has 0 atom stereocenters. The van der Waals surface area contributed by atoms with Crippen molar-refractivity contribution >= 4 is 11.9 Å². The molecule has 0 spiro atoms. The highest BCUT2D eigenvalue weighted by Gasteiger charge is 2.19. The van der Waals surface area contributed by atoms with Gasteiger partial charge in [-0.3, -0.25) is 0 Å². The summed E-state index contributed by atoms with van der Waals surface area (Å²) in [5.41, 5.74) is -0.0861. The summed E-state index contributed by atoms with van der Waals surface area (Å²) in [6, 6.07) is 0. The fourth-order valence-electron chi connectivity index (χ4n) is 0.972. The van der Waals surface area contributed by atoms with E-state index < -0.39 is 11.9 Å². The number of hydrogen-bond donors (Lipinski definition) is 0. The van der Waals surface area contributed by atoms with E-state index in [1.54, 1.807) is 0 Å². The van der Waals surface area contributed by atoms with Crippen LogP contribution in [-0.4, -0.2) is 25.2 Å². The predicted octanol–water partition coefficient (Wildman–Crippen LogP) is 2.64. The van der Waals surface area contributed by atoms with Gasteiger partial charge in [-0.05, 0) is 12.3 Å². The molecule has 0 aliphatic heterocycles. The minimum atomic E-state index is -0.624. The first kappa shape index (κ1) is 16.4. The highest BCUT2D eigenvalue weighted by atomic mass is 16.5. The van der Waals surface area contributed by atoms with Crippen molar-refractivity contribution in [1.29, 1.82) is 0 Å². The topological polar surface area (TPSA) is 52.6 Å². The standard InChI is InChI=1S/C14H22O4/c1-6-7-8-17-13(15)11(4)12(5)14(16)18-9-10(2)3/h10H,4-9H2,1-3H3. The van der Waals surface area contributed by atoms with Crippen molar-refractivity contribution in [3.05, 3.63) is 24.3 Å². The molecule has 0 aromatic carbocycles. The van der Waals surface area contributed by atoms with Crippen LogP contribution >= 0.6 is 0 Å². The van der Waals surface area contributed by atoms with Crippen molar-refractivity contribution in [2.24, 2.45) is 5.92 Å². The number of rotatable bonds is 8. The van der Waals surface area contributed by atoms with Crippen molar-refractivity contribution in [1.82, 2.24) is 0 Å². The Morgan fingerprint density at radius 2 is 1.56 bits per heavy atom. The van der Waals surface area contributed by atoms with Crippen molar-refractivity contribution in [3.8, 4) is 0 Å². The first-order valence-electron chi connectivity index (χ1n) is 6.12. The van der Waals surface area contributed by atoms with Crippen LogP contribution in [0.1, 0.15) is 33.6 Å². The lowest BCUT2D eigenvalue weighted by Gasteiger charge is -2.10. The molecule has 0 aliphatic rings.